The van der Waals surface area contributed by atoms with Crippen LogP contribution in [-0.2, 0) is 6.54 Å². The van der Waals surface area contributed by atoms with Crippen molar-refractivity contribution in [2.45, 2.75) is 19.6 Å². The van der Waals surface area contributed by atoms with E-state index in [0.29, 0.717) is 52.6 Å². The zero-order valence-corrected chi connectivity index (χ0v) is 12.9. The van der Waals surface area contributed by atoms with E-state index < -0.39 is 6.10 Å². The number of aliphatic hydroxyl groups is 1. The van der Waals surface area contributed by atoms with E-state index in [1.54, 1.807) is 16.8 Å². The summed E-state index contributed by atoms with van der Waals surface area (Å²) in [4.78, 5) is 0. The molecule has 2 aromatic rings. The molecule has 0 radical (unpaired) electrons. The second kappa shape index (κ2) is 5.75. The Morgan fingerprint density at radius 1 is 1.29 bits per heavy atom. The molecule has 0 aliphatic carbocycles. The van der Waals surface area contributed by atoms with Crippen LogP contribution < -0.4 is 9.47 Å². The first-order valence-electron chi connectivity index (χ1n) is 6.60. The molecule has 0 fully saturated rings. The Bertz CT molecular complexity index is 672. The third-order valence-electron chi connectivity index (χ3n) is 3.33. The van der Waals surface area contributed by atoms with Gasteiger partial charge in [0.05, 0.1) is 21.9 Å². The van der Waals surface area contributed by atoms with E-state index in [1.165, 1.54) is 6.20 Å². The number of nitrogens with zero attached hydrogens (tertiary/aromatic N) is 2. The van der Waals surface area contributed by atoms with Crippen molar-refractivity contribution in [2.24, 2.45) is 0 Å². The van der Waals surface area contributed by atoms with Crippen molar-refractivity contribution in [3.05, 3.63) is 39.6 Å². The molecule has 0 bridgehead atoms. The van der Waals surface area contributed by atoms with Crippen LogP contribution in [0.3, 0.4) is 0 Å². The van der Waals surface area contributed by atoms with E-state index in [4.69, 9.17) is 32.7 Å². The number of aliphatic hydroxyl groups excluding tert-OH is 1. The van der Waals surface area contributed by atoms with Crippen LogP contribution in [0, 0.1) is 0 Å². The Morgan fingerprint density at radius 2 is 2.05 bits per heavy atom. The molecule has 1 unspecified atom stereocenters. The normalized spacial score (nSPS) is 15.0. The van der Waals surface area contributed by atoms with Gasteiger partial charge in [0.1, 0.15) is 19.3 Å². The second-order valence-electron chi connectivity index (χ2n) is 4.62. The van der Waals surface area contributed by atoms with Gasteiger partial charge in [-0.1, -0.05) is 23.2 Å². The van der Waals surface area contributed by atoms with Crippen LogP contribution in [0.5, 0.6) is 11.5 Å². The maximum atomic E-state index is 10.6. The van der Waals surface area contributed by atoms with Crippen LogP contribution >= 0.6 is 23.2 Å². The van der Waals surface area contributed by atoms with Crippen molar-refractivity contribution in [3.8, 4) is 11.5 Å². The van der Waals surface area contributed by atoms with Gasteiger partial charge in [-0.3, -0.25) is 4.68 Å². The lowest BCUT2D eigenvalue weighted by Gasteiger charge is -2.22. The molecule has 7 heteroatoms. The number of hydrogen-bond acceptors (Lipinski definition) is 4. The van der Waals surface area contributed by atoms with Gasteiger partial charge in [0, 0.05) is 6.54 Å². The summed E-state index contributed by atoms with van der Waals surface area (Å²) >= 11 is 12.3. The molecule has 1 aliphatic heterocycles. The summed E-state index contributed by atoms with van der Waals surface area (Å²) in [6.07, 6.45) is 0.580. The summed E-state index contributed by atoms with van der Waals surface area (Å²) < 4.78 is 12.6. The number of aromatic nitrogens is 2. The molecule has 0 saturated carbocycles. The molecule has 1 aromatic heterocycles. The predicted octanol–water partition coefficient (Wildman–Crippen LogP) is 3.06. The van der Waals surface area contributed by atoms with Crippen molar-refractivity contribution in [3.63, 3.8) is 0 Å². The molecule has 5 nitrogen and oxygen atoms in total. The molecule has 3 rings (SSSR count). The molecule has 0 amide bonds. The van der Waals surface area contributed by atoms with Crippen molar-refractivity contribution in [1.82, 2.24) is 9.78 Å². The number of benzene rings is 1. The van der Waals surface area contributed by atoms with E-state index in [-0.39, 0.29) is 0 Å². The molecule has 1 aliphatic rings. The van der Waals surface area contributed by atoms with Gasteiger partial charge in [-0.05, 0) is 24.6 Å². The van der Waals surface area contributed by atoms with Crippen LogP contribution in [-0.4, -0.2) is 28.1 Å². The summed E-state index contributed by atoms with van der Waals surface area (Å²) in [5, 5.41) is 15.5. The summed E-state index contributed by atoms with van der Waals surface area (Å²) in [6.45, 7) is 3.45. The smallest absolute Gasteiger partial charge is 0.179 e. The highest BCUT2D eigenvalue weighted by molar-refractivity contribution is 6.32. The van der Waals surface area contributed by atoms with Gasteiger partial charge in [0.15, 0.2) is 11.5 Å². The van der Waals surface area contributed by atoms with Crippen LogP contribution in [0.1, 0.15) is 24.3 Å². The van der Waals surface area contributed by atoms with Crippen molar-refractivity contribution in [1.29, 1.82) is 0 Å². The largest absolute Gasteiger partial charge is 0.486 e. The Labute approximate surface area is 132 Å². The van der Waals surface area contributed by atoms with Gasteiger partial charge in [-0.2, -0.15) is 5.10 Å². The summed E-state index contributed by atoms with van der Waals surface area (Å²) in [7, 11) is 0. The first-order valence-corrected chi connectivity index (χ1v) is 7.35. The first-order chi connectivity index (χ1) is 10.1. The van der Waals surface area contributed by atoms with E-state index >= 15 is 0 Å². The summed E-state index contributed by atoms with van der Waals surface area (Å²) in [6, 6.07) is 3.37. The highest BCUT2D eigenvalue weighted by Crippen LogP contribution is 2.41. The maximum Gasteiger partial charge on any atom is 0.179 e. The Hall–Kier alpha value is -1.43. The number of aryl methyl sites for hydroxylation is 1. The number of hydrogen-bond donors (Lipinski definition) is 1. The Morgan fingerprint density at radius 3 is 2.81 bits per heavy atom. The quantitative estimate of drug-likeness (QED) is 0.940. The van der Waals surface area contributed by atoms with Gasteiger partial charge in [-0.25, -0.2) is 0 Å². The minimum Gasteiger partial charge on any atom is -0.486 e. The minimum atomic E-state index is -0.937. The minimum absolute atomic E-state index is 0.403. The monoisotopic (exact) mass is 328 g/mol. The number of halogens is 2. The molecule has 0 spiro atoms. The molecule has 1 atom stereocenters. The zero-order valence-electron chi connectivity index (χ0n) is 11.3. The molecule has 0 saturated heterocycles. The fourth-order valence-corrected chi connectivity index (χ4v) is 2.86. The van der Waals surface area contributed by atoms with Gasteiger partial charge in [0.25, 0.3) is 0 Å². The molecular weight excluding hydrogens is 315 g/mol. The van der Waals surface area contributed by atoms with Gasteiger partial charge < -0.3 is 14.6 Å². The molecule has 2 heterocycles. The predicted molar refractivity (Wildman–Crippen MR) is 79.4 cm³/mol. The SMILES string of the molecule is CCn1ncc(Cl)c1C(O)c1cc(Cl)c2c(c1)OCCO2. The fourth-order valence-electron chi connectivity index (χ4n) is 2.34. The van der Waals surface area contributed by atoms with Crippen LogP contribution in [0.4, 0.5) is 0 Å². The lowest BCUT2D eigenvalue weighted by atomic mass is 10.1. The molecule has 112 valence electrons. The lowest BCUT2D eigenvalue weighted by Crippen LogP contribution is -2.16. The molecule has 1 N–H and O–H groups in total. The number of rotatable bonds is 3. The fraction of sp³-hybridized carbons (Fsp3) is 0.357. The standard InChI is InChI=1S/C14H14Cl2N2O3/c1-2-18-12(10(16)7-17-18)13(19)8-5-9(15)14-11(6-8)20-3-4-21-14/h5-7,13,19H,2-4H2,1H3. The van der Waals surface area contributed by atoms with Gasteiger partial charge >= 0.3 is 0 Å². The summed E-state index contributed by atoms with van der Waals surface area (Å²) in [5.41, 5.74) is 1.12. The average molecular weight is 329 g/mol. The Balaban J connectivity index is 2.04. The molecular formula is C14H14Cl2N2O3. The number of ether oxygens (including phenoxy) is 2. The zero-order chi connectivity index (χ0) is 15.0. The highest BCUT2D eigenvalue weighted by atomic mass is 35.5. The third-order valence-corrected chi connectivity index (χ3v) is 3.90. The topological polar surface area (TPSA) is 56.5 Å². The van der Waals surface area contributed by atoms with Crippen LogP contribution in [0.25, 0.3) is 0 Å². The van der Waals surface area contributed by atoms with Crippen molar-refractivity contribution < 1.29 is 14.6 Å². The third kappa shape index (κ3) is 2.57. The summed E-state index contributed by atoms with van der Waals surface area (Å²) in [5.74, 6) is 1.04. The first kappa shape index (κ1) is 14.5. The lowest BCUT2D eigenvalue weighted by molar-refractivity contribution is 0.169. The molecule has 1 aromatic carbocycles. The van der Waals surface area contributed by atoms with E-state index in [2.05, 4.69) is 5.10 Å². The van der Waals surface area contributed by atoms with Crippen LogP contribution in [0.2, 0.25) is 10.0 Å². The van der Waals surface area contributed by atoms with E-state index in [1.807, 2.05) is 6.92 Å². The van der Waals surface area contributed by atoms with Gasteiger partial charge in [0.2, 0.25) is 0 Å². The van der Waals surface area contributed by atoms with Gasteiger partial charge in [-0.15, -0.1) is 0 Å². The number of fused-ring (bicyclic) bond motifs is 1. The Kier molecular flexibility index (Phi) is 3.97. The van der Waals surface area contributed by atoms with Crippen molar-refractivity contribution >= 4 is 23.2 Å². The van der Waals surface area contributed by atoms with E-state index in [9.17, 15) is 5.11 Å². The van der Waals surface area contributed by atoms with E-state index in [0.717, 1.165) is 0 Å². The highest BCUT2D eigenvalue weighted by Gasteiger charge is 2.24. The van der Waals surface area contributed by atoms with Crippen LogP contribution in [0.15, 0.2) is 18.3 Å². The second-order valence-corrected chi connectivity index (χ2v) is 5.44. The average Bonchev–Trinajstić information content (AvgIpc) is 2.87. The molecule has 21 heavy (non-hydrogen) atoms. The maximum absolute atomic E-state index is 10.6. The van der Waals surface area contributed by atoms with Crippen molar-refractivity contribution in [2.75, 3.05) is 13.2 Å².